The van der Waals surface area contributed by atoms with Crippen molar-refractivity contribution in [3.8, 4) is 6.07 Å². The van der Waals surface area contributed by atoms with Gasteiger partial charge >= 0.3 is 0 Å². The number of benzene rings is 2. The lowest BCUT2D eigenvalue weighted by molar-refractivity contribution is 0.286. The Hall–Kier alpha value is -1.53. The summed E-state index contributed by atoms with van der Waals surface area (Å²) in [6.07, 6.45) is 1.63. The average molecular weight is 389 g/mol. The molecule has 0 aromatic heterocycles. The standard InChI is InChI=1S/C22H26Cl2N2/c1-17(2)22(16-25,21-19(23)11-7-12-20(21)24)13-8-14-26(3)15-18-9-5-4-6-10-18/h4-7,9-12,17H,8,13-15H2,1-3H3. The molecular weight excluding hydrogens is 363 g/mol. The van der Waals surface area contributed by atoms with Crippen LogP contribution in [0.15, 0.2) is 48.5 Å². The number of hydrogen-bond donors (Lipinski definition) is 0. The molecule has 1 atom stereocenters. The third-order valence-corrected chi connectivity index (χ3v) is 5.63. The van der Waals surface area contributed by atoms with Crippen LogP contribution in [0.1, 0.15) is 37.8 Å². The molecule has 0 amide bonds. The van der Waals surface area contributed by atoms with Gasteiger partial charge in [-0.3, -0.25) is 0 Å². The Balaban J connectivity index is 2.11. The van der Waals surface area contributed by atoms with Gasteiger partial charge in [0.15, 0.2) is 0 Å². The van der Waals surface area contributed by atoms with Crippen LogP contribution in [0.2, 0.25) is 10.0 Å². The summed E-state index contributed by atoms with van der Waals surface area (Å²) in [6.45, 7) is 5.94. The van der Waals surface area contributed by atoms with Gasteiger partial charge in [-0.25, -0.2) is 0 Å². The van der Waals surface area contributed by atoms with Crippen molar-refractivity contribution in [3.63, 3.8) is 0 Å². The number of hydrogen-bond acceptors (Lipinski definition) is 2. The van der Waals surface area contributed by atoms with E-state index in [4.69, 9.17) is 23.2 Å². The topological polar surface area (TPSA) is 27.0 Å². The van der Waals surface area contributed by atoms with E-state index in [0.717, 1.165) is 31.5 Å². The summed E-state index contributed by atoms with van der Waals surface area (Å²) >= 11 is 12.9. The molecule has 2 rings (SSSR count). The lowest BCUT2D eigenvalue weighted by Crippen LogP contribution is -2.33. The highest BCUT2D eigenvalue weighted by Crippen LogP contribution is 2.43. The molecule has 0 bridgehead atoms. The minimum Gasteiger partial charge on any atom is -0.302 e. The van der Waals surface area contributed by atoms with E-state index in [1.807, 2.05) is 24.3 Å². The Morgan fingerprint density at radius 3 is 2.19 bits per heavy atom. The molecule has 138 valence electrons. The van der Waals surface area contributed by atoms with Crippen molar-refractivity contribution in [3.05, 3.63) is 69.7 Å². The van der Waals surface area contributed by atoms with Gasteiger partial charge in [-0.2, -0.15) is 5.26 Å². The molecule has 0 saturated heterocycles. The van der Waals surface area contributed by atoms with Crippen LogP contribution in [-0.4, -0.2) is 18.5 Å². The normalized spacial score (nSPS) is 13.6. The predicted molar refractivity (Wildman–Crippen MR) is 111 cm³/mol. The molecule has 1 unspecified atom stereocenters. The van der Waals surface area contributed by atoms with Crippen LogP contribution in [0.3, 0.4) is 0 Å². The summed E-state index contributed by atoms with van der Waals surface area (Å²) in [7, 11) is 2.11. The quantitative estimate of drug-likeness (QED) is 0.528. The number of nitrogens with zero attached hydrogens (tertiary/aromatic N) is 2. The minimum absolute atomic E-state index is 0.115. The molecule has 0 aliphatic heterocycles. The molecule has 2 aromatic rings. The summed E-state index contributed by atoms with van der Waals surface area (Å²) in [6, 6.07) is 18.4. The monoisotopic (exact) mass is 388 g/mol. The first-order valence-electron chi connectivity index (χ1n) is 8.99. The van der Waals surface area contributed by atoms with E-state index < -0.39 is 5.41 Å². The average Bonchev–Trinajstić information content (AvgIpc) is 2.60. The first-order chi connectivity index (χ1) is 12.4. The maximum absolute atomic E-state index is 10.1. The highest BCUT2D eigenvalue weighted by molar-refractivity contribution is 6.36. The van der Waals surface area contributed by atoms with E-state index in [1.54, 1.807) is 0 Å². The SMILES string of the molecule is CC(C)C(C#N)(CCCN(C)Cc1ccccc1)c1c(Cl)cccc1Cl. The molecule has 26 heavy (non-hydrogen) atoms. The summed E-state index contributed by atoms with van der Waals surface area (Å²) in [5, 5.41) is 11.2. The second-order valence-electron chi connectivity index (χ2n) is 7.16. The van der Waals surface area contributed by atoms with Gasteiger partial charge in [-0.05, 0) is 50.0 Å². The van der Waals surface area contributed by atoms with Gasteiger partial charge in [0.1, 0.15) is 0 Å². The van der Waals surface area contributed by atoms with Gasteiger partial charge in [0.2, 0.25) is 0 Å². The summed E-state index contributed by atoms with van der Waals surface area (Å²) in [5.74, 6) is 0.115. The molecule has 0 saturated carbocycles. The van der Waals surface area contributed by atoms with Crippen LogP contribution in [0.5, 0.6) is 0 Å². The number of nitriles is 1. The molecule has 0 fully saturated rings. The zero-order valence-electron chi connectivity index (χ0n) is 15.7. The molecule has 0 radical (unpaired) electrons. The van der Waals surface area contributed by atoms with Crippen molar-refractivity contribution in [2.24, 2.45) is 5.92 Å². The fraction of sp³-hybridized carbons (Fsp3) is 0.409. The van der Waals surface area contributed by atoms with Crippen LogP contribution in [0.25, 0.3) is 0 Å². The second kappa shape index (κ2) is 9.42. The second-order valence-corrected chi connectivity index (χ2v) is 7.98. The van der Waals surface area contributed by atoms with Gasteiger partial charge in [0, 0.05) is 22.2 Å². The molecule has 0 spiro atoms. The van der Waals surface area contributed by atoms with E-state index in [-0.39, 0.29) is 5.92 Å². The number of halogens is 2. The van der Waals surface area contributed by atoms with Crippen molar-refractivity contribution in [2.75, 3.05) is 13.6 Å². The number of rotatable bonds is 8. The third kappa shape index (κ3) is 4.80. The highest BCUT2D eigenvalue weighted by atomic mass is 35.5. The van der Waals surface area contributed by atoms with Crippen LogP contribution < -0.4 is 0 Å². The summed E-state index contributed by atoms with van der Waals surface area (Å²) < 4.78 is 0. The molecule has 0 aliphatic carbocycles. The zero-order chi connectivity index (χ0) is 19.2. The summed E-state index contributed by atoms with van der Waals surface area (Å²) in [5.41, 5.74) is 1.38. The molecular formula is C22H26Cl2N2. The van der Waals surface area contributed by atoms with Crippen LogP contribution in [0, 0.1) is 17.2 Å². The Labute approximate surface area is 167 Å². The van der Waals surface area contributed by atoms with Gasteiger partial charge in [0.05, 0.1) is 11.5 Å². The third-order valence-electron chi connectivity index (χ3n) is 5.00. The van der Waals surface area contributed by atoms with Crippen molar-refractivity contribution in [1.29, 1.82) is 5.26 Å². The van der Waals surface area contributed by atoms with E-state index in [0.29, 0.717) is 10.0 Å². The molecule has 0 aliphatic rings. The fourth-order valence-corrected chi connectivity index (χ4v) is 4.20. The van der Waals surface area contributed by atoms with Crippen molar-refractivity contribution >= 4 is 23.2 Å². The van der Waals surface area contributed by atoms with Gasteiger partial charge in [-0.1, -0.05) is 73.4 Å². The van der Waals surface area contributed by atoms with E-state index in [1.165, 1.54) is 5.56 Å². The van der Waals surface area contributed by atoms with Crippen molar-refractivity contribution in [2.45, 2.75) is 38.6 Å². The van der Waals surface area contributed by atoms with Gasteiger partial charge in [-0.15, -0.1) is 0 Å². The Kier molecular flexibility index (Phi) is 7.53. The maximum atomic E-state index is 10.1. The largest absolute Gasteiger partial charge is 0.302 e. The van der Waals surface area contributed by atoms with Gasteiger partial charge < -0.3 is 4.90 Å². The maximum Gasteiger partial charge on any atom is 0.0874 e. The smallest absolute Gasteiger partial charge is 0.0874 e. The lowest BCUT2D eigenvalue weighted by atomic mass is 9.69. The Morgan fingerprint density at radius 2 is 1.65 bits per heavy atom. The zero-order valence-corrected chi connectivity index (χ0v) is 17.2. The summed E-state index contributed by atoms with van der Waals surface area (Å²) in [4.78, 5) is 2.28. The molecule has 0 heterocycles. The van der Waals surface area contributed by atoms with Gasteiger partial charge in [0.25, 0.3) is 0 Å². The van der Waals surface area contributed by atoms with E-state index >= 15 is 0 Å². The molecule has 2 nitrogen and oxygen atoms in total. The fourth-order valence-electron chi connectivity index (χ4n) is 3.47. The van der Waals surface area contributed by atoms with Crippen LogP contribution >= 0.6 is 23.2 Å². The Morgan fingerprint density at radius 1 is 1.04 bits per heavy atom. The molecule has 4 heteroatoms. The first-order valence-corrected chi connectivity index (χ1v) is 9.74. The van der Waals surface area contributed by atoms with Crippen molar-refractivity contribution in [1.82, 2.24) is 4.90 Å². The first kappa shape index (κ1) is 20.8. The van der Waals surface area contributed by atoms with E-state index in [2.05, 4.69) is 56.1 Å². The lowest BCUT2D eigenvalue weighted by Gasteiger charge is -2.33. The van der Waals surface area contributed by atoms with E-state index in [9.17, 15) is 5.26 Å². The van der Waals surface area contributed by atoms with Crippen molar-refractivity contribution < 1.29 is 0 Å². The van der Waals surface area contributed by atoms with Crippen LogP contribution in [-0.2, 0) is 12.0 Å². The predicted octanol–water partition coefficient (Wildman–Crippen LogP) is 6.32. The van der Waals surface area contributed by atoms with Crippen LogP contribution in [0.4, 0.5) is 0 Å². The molecule has 0 N–H and O–H groups in total. The Bertz CT molecular complexity index is 732. The molecule has 2 aromatic carbocycles. The highest BCUT2D eigenvalue weighted by Gasteiger charge is 2.39. The minimum atomic E-state index is -0.678.